The molecule has 4 rings (SSSR count). The van der Waals surface area contributed by atoms with Crippen molar-refractivity contribution in [2.24, 2.45) is 0 Å². The highest BCUT2D eigenvalue weighted by Gasteiger charge is 2.41. The molecule has 6 nitrogen and oxygen atoms in total. The summed E-state index contributed by atoms with van der Waals surface area (Å²) in [6.07, 6.45) is 1.85. The maximum absolute atomic E-state index is 13.7. The van der Waals surface area contributed by atoms with Gasteiger partial charge in [0, 0.05) is 36.6 Å². The number of halogens is 2. The summed E-state index contributed by atoms with van der Waals surface area (Å²) < 4.78 is 13.7. The van der Waals surface area contributed by atoms with Gasteiger partial charge in [0.15, 0.2) is 5.82 Å². The van der Waals surface area contributed by atoms with Gasteiger partial charge in [-0.25, -0.2) is 9.37 Å². The molecule has 8 heteroatoms. The highest BCUT2D eigenvalue weighted by Crippen LogP contribution is 2.33. The van der Waals surface area contributed by atoms with Crippen molar-refractivity contribution in [3.8, 4) is 0 Å². The number of likely N-dealkylation sites (N-methyl/N-ethyl adjacent to an activating group) is 1. The molecule has 0 unspecified atom stereocenters. The summed E-state index contributed by atoms with van der Waals surface area (Å²) in [5.74, 6) is 1.11. The molecule has 1 aliphatic heterocycles. The first kappa shape index (κ1) is 19.8. The van der Waals surface area contributed by atoms with Crippen LogP contribution in [0.5, 0.6) is 0 Å². The van der Waals surface area contributed by atoms with E-state index in [1.807, 2.05) is 19.2 Å². The molecule has 2 aromatic heterocycles. The van der Waals surface area contributed by atoms with E-state index >= 15 is 0 Å². The summed E-state index contributed by atoms with van der Waals surface area (Å²) >= 11 is 6.08. The topological polar surface area (TPSA) is 57.2 Å². The molecule has 0 bridgehead atoms. The van der Waals surface area contributed by atoms with Crippen molar-refractivity contribution in [3.05, 3.63) is 52.6 Å². The normalized spacial score (nSPS) is 15.6. The van der Waals surface area contributed by atoms with E-state index in [0.29, 0.717) is 17.9 Å². The van der Waals surface area contributed by atoms with Crippen LogP contribution in [0.3, 0.4) is 0 Å². The number of anilines is 2. The Morgan fingerprint density at radius 3 is 2.72 bits per heavy atom. The van der Waals surface area contributed by atoms with Gasteiger partial charge in [-0.2, -0.15) is 5.10 Å². The Morgan fingerprint density at radius 1 is 1.24 bits per heavy atom. The van der Waals surface area contributed by atoms with Crippen molar-refractivity contribution in [2.75, 3.05) is 37.4 Å². The molecule has 1 aromatic carbocycles. The van der Waals surface area contributed by atoms with E-state index in [-0.39, 0.29) is 10.6 Å². The molecule has 0 spiro atoms. The van der Waals surface area contributed by atoms with Gasteiger partial charge in [0.1, 0.15) is 11.6 Å². The van der Waals surface area contributed by atoms with Crippen LogP contribution in [0.1, 0.15) is 18.2 Å². The van der Waals surface area contributed by atoms with Crippen LogP contribution in [0.4, 0.5) is 16.0 Å². The minimum absolute atomic E-state index is 0.121. The Labute approximate surface area is 174 Å². The van der Waals surface area contributed by atoms with Gasteiger partial charge >= 0.3 is 0 Å². The van der Waals surface area contributed by atoms with Gasteiger partial charge in [-0.3, -0.25) is 0 Å². The third-order valence-electron chi connectivity index (χ3n) is 5.78. The van der Waals surface area contributed by atoms with Crippen molar-refractivity contribution in [3.63, 3.8) is 0 Å². The lowest BCUT2D eigenvalue weighted by Gasteiger charge is -2.52. The van der Waals surface area contributed by atoms with E-state index in [2.05, 4.69) is 51.3 Å². The van der Waals surface area contributed by atoms with Crippen LogP contribution < -0.4 is 10.2 Å². The second kappa shape index (κ2) is 7.39. The highest BCUT2D eigenvalue weighted by molar-refractivity contribution is 6.31. The fourth-order valence-electron chi connectivity index (χ4n) is 3.55. The first-order valence-electron chi connectivity index (χ1n) is 9.51. The molecule has 1 N–H and O–H groups in total. The van der Waals surface area contributed by atoms with E-state index in [1.165, 1.54) is 6.07 Å². The van der Waals surface area contributed by atoms with Crippen LogP contribution in [-0.4, -0.2) is 52.8 Å². The van der Waals surface area contributed by atoms with Crippen LogP contribution in [0.25, 0.3) is 10.8 Å². The van der Waals surface area contributed by atoms with Gasteiger partial charge in [-0.05, 0) is 45.6 Å². The summed E-state index contributed by atoms with van der Waals surface area (Å²) in [6, 6.07) is 6.82. The molecule has 0 amide bonds. The Hall–Kier alpha value is -2.51. The summed E-state index contributed by atoms with van der Waals surface area (Å²) in [6.45, 7) is 6.34. The van der Waals surface area contributed by atoms with Crippen molar-refractivity contribution >= 4 is 34.0 Å². The Bertz CT molecular complexity index is 1060. The summed E-state index contributed by atoms with van der Waals surface area (Å²) in [7, 11) is 4.20. The Morgan fingerprint density at radius 2 is 2.00 bits per heavy atom. The molecular formula is C21H24ClFN6. The lowest BCUT2D eigenvalue weighted by Crippen LogP contribution is -2.67. The molecule has 0 radical (unpaired) electrons. The highest BCUT2D eigenvalue weighted by atomic mass is 35.5. The molecule has 0 aliphatic carbocycles. The number of nitrogens with one attached hydrogen (secondary N) is 1. The van der Waals surface area contributed by atoms with Gasteiger partial charge in [-0.15, -0.1) is 5.10 Å². The first-order valence-corrected chi connectivity index (χ1v) is 9.88. The fraction of sp³-hybridized carbons (Fsp3) is 0.381. The number of hydrogen-bond acceptors (Lipinski definition) is 6. The van der Waals surface area contributed by atoms with Crippen molar-refractivity contribution < 1.29 is 4.39 Å². The van der Waals surface area contributed by atoms with Gasteiger partial charge < -0.3 is 15.1 Å². The van der Waals surface area contributed by atoms with Crippen LogP contribution in [-0.2, 0) is 6.54 Å². The molecule has 1 aliphatic rings. The average Bonchev–Trinajstić information content (AvgIpc) is 2.67. The SMILES string of the molecule is Cc1nnc(NCc2cccc(F)c2Cl)c2cc(N3CC(C)(N(C)C)C3)ncc12. The van der Waals surface area contributed by atoms with Crippen molar-refractivity contribution in [1.82, 2.24) is 20.1 Å². The molecule has 1 saturated heterocycles. The molecule has 29 heavy (non-hydrogen) atoms. The second-order valence-electron chi connectivity index (χ2n) is 8.04. The van der Waals surface area contributed by atoms with E-state index in [4.69, 9.17) is 11.6 Å². The van der Waals surface area contributed by atoms with Crippen LogP contribution in [0.2, 0.25) is 5.02 Å². The minimum Gasteiger partial charge on any atom is -0.364 e. The summed E-state index contributed by atoms with van der Waals surface area (Å²) in [5.41, 5.74) is 1.63. The average molecular weight is 415 g/mol. The summed E-state index contributed by atoms with van der Waals surface area (Å²) in [5, 5.41) is 13.8. The molecule has 152 valence electrons. The number of aryl methyl sites for hydroxylation is 1. The minimum atomic E-state index is -0.431. The number of hydrogen-bond donors (Lipinski definition) is 1. The molecule has 0 saturated carbocycles. The zero-order valence-corrected chi connectivity index (χ0v) is 17.8. The lowest BCUT2D eigenvalue weighted by molar-refractivity contribution is 0.132. The molecule has 3 aromatic rings. The maximum Gasteiger partial charge on any atom is 0.157 e. The van der Waals surface area contributed by atoms with Gasteiger partial charge in [-0.1, -0.05) is 23.7 Å². The molecular weight excluding hydrogens is 391 g/mol. The predicted molar refractivity (Wildman–Crippen MR) is 115 cm³/mol. The third kappa shape index (κ3) is 3.60. The Balaban J connectivity index is 1.62. The second-order valence-corrected chi connectivity index (χ2v) is 8.41. The zero-order valence-electron chi connectivity index (χ0n) is 17.0. The number of fused-ring (bicyclic) bond motifs is 1. The van der Waals surface area contributed by atoms with E-state index in [9.17, 15) is 4.39 Å². The molecule has 3 heterocycles. The summed E-state index contributed by atoms with van der Waals surface area (Å²) in [4.78, 5) is 9.14. The van der Waals surface area contributed by atoms with E-state index < -0.39 is 5.82 Å². The smallest absolute Gasteiger partial charge is 0.157 e. The van der Waals surface area contributed by atoms with Crippen molar-refractivity contribution in [1.29, 1.82) is 0 Å². The predicted octanol–water partition coefficient (Wildman–Crippen LogP) is 3.88. The molecule has 1 fully saturated rings. The lowest BCUT2D eigenvalue weighted by atomic mass is 9.91. The largest absolute Gasteiger partial charge is 0.364 e. The van der Waals surface area contributed by atoms with Crippen LogP contribution >= 0.6 is 11.6 Å². The van der Waals surface area contributed by atoms with Gasteiger partial charge in [0.05, 0.1) is 16.3 Å². The number of nitrogens with zero attached hydrogens (tertiary/aromatic N) is 5. The number of pyridine rings is 1. The molecule has 0 atom stereocenters. The van der Waals surface area contributed by atoms with E-state index in [0.717, 1.165) is 35.4 Å². The van der Waals surface area contributed by atoms with Crippen molar-refractivity contribution in [2.45, 2.75) is 25.9 Å². The first-order chi connectivity index (χ1) is 13.8. The quantitative estimate of drug-likeness (QED) is 0.683. The van der Waals surface area contributed by atoms with Gasteiger partial charge in [0.25, 0.3) is 0 Å². The monoisotopic (exact) mass is 414 g/mol. The van der Waals surface area contributed by atoms with Crippen LogP contribution in [0.15, 0.2) is 30.5 Å². The Kier molecular flexibility index (Phi) is 5.04. The number of benzene rings is 1. The third-order valence-corrected chi connectivity index (χ3v) is 6.20. The number of rotatable bonds is 5. The number of aromatic nitrogens is 3. The van der Waals surface area contributed by atoms with Gasteiger partial charge in [0.2, 0.25) is 0 Å². The zero-order chi connectivity index (χ0) is 20.8. The fourth-order valence-corrected chi connectivity index (χ4v) is 3.74. The van der Waals surface area contributed by atoms with Crippen LogP contribution in [0, 0.1) is 12.7 Å². The maximum atomic E-state index is 13.7. The standard InChI is InChI=1S/C21H24ClFN6/c1-13-16-10-24-18(29-11-21(2,12-29)28(3)4)8-15(16)20(27-26-13)25-9-14-6-5-7-17(23)19(14)22/h5-8,10H,9,11-12H2,1-4H3,(H,25,27). The van der Waals surface area contributed by atoms with E-state index in [1.54, 1.807) is 12.1 Å².